The number of nitrogens with zero attached hydrogens (tertiary/aromatic N) is 2. The van der Waals surface area contributed by atoms with Gasteiger partial charge in [0.1, 0.15) is 11.5 Å². The van der Waals surface area contributed by atoms with Gasteiger partial charge < -0.3 is 9.47 Å². The van der Waals surface area contributed by atoms with Crippen molar-refractivity contribution >= 4 is 34.3 Å². The minimum absolute atomic E-state index is 0.359. The lowest BCUT2D eigenvalue weighted by Crippen LogP contribution is -2.20. The summed E-state index contributed by atoms with van der Waals surface area (Å²) in [6.45, 7) is 14.4. The molecule has 0 radical (unpaired) electrons. The minimum Gasteiger partial charge on any atom is -0.493 e. The molecule has 0 saturated heterocycles. The van der Waals surface area contributed by atoms with Gasteiger partial charge in [-0.15, -0.1) is 0 Å². The fourth-order valence-corrected chi connectivity index (χ4v) is 6.18. The van der Waals surface area contributed by atoms with E-state index >= 15 is 0 Å². The molecule has 0 aromatic heterocycles. The maximum absolute atomic E-state index is 6.51. The molecule has 0 aliphatic heterocycles. The van der Waals surface area contributed by atoms with Gasteiger partial charge in [-0.25, -0.2) is 9.98 Å². The smallest absolute Gasteiger partial charge is 0.127 e. The number of hydrogen-bond donors (Lipinski definition) is 0. The van der Waals surface area contributed by atoms with Crippen LogP contribution in [0.1, 0.15) is 74.9 Å². The van der Waals surface area contributed by atoms with Crippen LogP contribution in [0.3, 0.4) is 0 Å². The van der Waals surface area contributed by atoms with Gasteiger partial charge in [-0.1, -0.05) is 151 Å². The fourth-order valence-electron chi connectivity index (χ4n) is 6.18. The zero-order valence-corrected chi connectivity index (χ0v) is 32.8. The molecule has 0 amide bonds. The molecule has 276 valence electrons. The maximum atomic E-state index is 6.51. The second kappa shape index (κ2) is 18.2. The van der Waals surface area contributed by atoms with E-state index in [0.717, 1.165) is 67.4 Å². The van der Waals surface area contributed by atoms with Crippen LogP contribution in [-0.4, -0.2) is 25.0 Å². The third-order valence-corrected chi connectivity index (χ3v) is 9.32. The molecule has 6 rings (SSSR count). The molecule has 0 spiro atoms. The maximum Gasteiger partial charge on any atom is 0.127 e. The predicted octanol–water partition coefficient (Wildman–Crippen LogP) is 12.9. The normalized spacial score (nSPS) is 11.1. The van der Waals surface area contributed by atoms with E-state index in [4.69, 9.17) is 19.5 Å². The van der Waals surface area contributed by atoms with E-state index in [1.807, 2.05) is 97.1 Å². The van der Waals surface area contributed by atoms with Crippen LogP contribution in [0.4, 0.5) is 11.4 Å². The molecular formula is C51H50N2O2. The Morgan fingerprint density at radius 3 is 1.18 bits per heavy atom. The lowest BCUT2D eigenvalue weighted by Gasteiger charge is -2.29. The number of hydrogen-bond acceptors (Lipinski definition) is 4. The summed E-state index contributed by atoms with van der Waals surface area (Å²) in [6.07, 6.45) is 0. The average molecular weight is 723 g/mol. The Morgan fingerprint density at radius 1 is 0.491 bits per heavy atom. The van der Waals surface area contributed by atoms with Gasteiger partial charge in [-0.2, -0.15) is 0 Å². The van der Waals surface area contributed by atoms with Crippen molar-refractivity contribution in [2.45, 2.75) is 47.0 Å². The first kappa shape index (κ1) is 38.5. The Labute approximate surface area is 327 Å². The summed E-state index contributed by atoms with van der Waals surface area (Å²) in [6, 6.07) is 53.6. The number of aliphatic imine (C=N–C) groups is 2. The van der Waals surface area contributed by atoms with Gasteiger partial charge in [0.25, 0.3) is 0 Å². The quantitative estimate of drug-likeness (QED) is 0.105. The first-order valence-electron chi connectivity index (χ1n) is 19.1. The molecule has 55 heavy (non-hydrogen) atoms. The predicted molar refractivity (Wildman–Crippen MR) is 231 cm³/mol. The first-order valence-corrected chi connectivity index (χ1v) is 19.1. The fraction of sp³-hybridized carbons (Fsp3) is 0.216. The zero-order chi connectivity index (χ0) is 38.6. The molecule has 6 aromatic rings. The van der Waals surface area contributed by atoms with Crippen LogP contribution in [0.2, 0.25) is 0 Å². The molecule has 0 aliphatic carbocycles. The van der Waals surface area contributed by atoms with Crippen molar-refractivity contribution in [3.63, 3.8) is 0 Å². The van der Waals surface area contributed by atoms with E-state index in [1.54, 1.807) is 0 Å². The van der Waals surface area contributed by atoms with Crippen LogP contribution in [0.15, 0.2) is 168 Å². The molecule has 6 aromatic carbocycles. The minimum atomic E-state index is -0.437. The van der Waals surface area contributed by atoms with Crippen LogP contribution in [0.5, 0.6) is 11.5 Å². The Kier molecular flexibility index (Phi) is 12.8. The van der Waals surface area contributed by atoms with E-state index in [2.05, 4.69) is 114 Å². The van der Waals surface area contributed by atoms with Crippen LogP contribution in [0.25, 0.3) is 11.1 Å². The largest absolute Gasteiger partial charge is 0.493 e. The summed E-state index contributed by atoms with van der Waals surface area (Å²) in [4.78, 5) is 9.62. The van der Waals surface area contributed by atoms with Gasteiger partial charge >= 0.3 is 0 Å². The van der Waals surface area contributed by atoms with Crippen LogP contribution in [0, 0.1) is 11.8 Å². The summed E-state index contributed by atoms with van der Waals surface area (Å²) < 4.78 is 13.0. The number of ether oxygens (including phenoxy) is 2. The van der Waals surface area contributed by atoms with Crippen molar-refractivity contribution in [3.05, 3.63) is 191 Å². The van der Waals surface area contributed by atoms with E-state index in [0.29, 0.717) is 25.0 Å². The molecule has 4 heteroatoms. The van der Waals surface area contributed by atoms with Crippen molar-refractivity contribution in [2.24, 2.45) is 21.8 Å². The average Bonchev–Trinajstić information content (AvgIpc) is 3.21. The number of para-hydroxylation sites is 2. The van der Waals surface area contributed by atoms with Gasteiger partial charge in [0.05, 0.1) is 35.7 Å². The molecule has 0 aliphatic rings. The summed E-state index contributed by atoms with van der Waals surface area (Å²) in [7, 11) is 0. The standard InChI is InChI=1S/C51H50N2O2/c1-37(2)35-54-49-29-27-41(31-45(49)47(39-19-11-7-12-20-39)33-52-43-23-15-9-16-24-43)51(5,6)42-28-30-50(55-36-38(3)4)46(32-42)48(40-21-13-8-14-22-40)34-53-44-25-17-10-18-26-44/h7-32,37-38H,35-36H2,1-6H3. The Bertz CT molecular complexity index is 2130. The van der Waals surface area contributed by atoms with Crippen molar-refractivity contribution in [1.29, 1.82) is 0 Å². The molecule has 0 fully saturated rings. The van der Waals surface area contributed by atoms with E-state index < -0.39 is 5.41 Å². The van der Waals surface area contributed by atoms with Crippen molar-refractivity contribution in [1.82, 2.24) is 0 Å². The van der Waals surface area contributed by atoms with Gasteiger partial charge in [-0.05, 0) is 94.4 Å². The van der Waals surface area contributed by atoms with Crippen LogP contribution >= 0.6 is 0 Å². The molecular weight excluding hydrogens is 673 g/mol. The molecule has 0 heterocycles. The van der Waals surface area contributed by atoms with Gasteiger partial charge in [-0.3, -0.25) is 0 Å². The monoisotopic (exact) mass is 722 g/mol. The molecule has 4 nitrogen and oxygen atoms in total. The van der Waals surface area contributed by atoms with E-state index in [-0.39, 0.29) is 0 Å². The zero-order valence-electron chi connectivity index (χ0n) is 32.8. The highest BCUT2D eigenvalue weighted by molar-refractivity contribution is 6.02. The molecule has 0 unspecified atom stereocenters. The molecule has 0 N–H and O–H groups in total. The van der Waals surface area contributed by atoms with Crippen molar-refractivity contribution < 1.29 is 9.47 Å². The highest BCUT2D eigenvalue weighted by Crippen LogP contribution is 2.41. The molecule has 0 bridgehead atoms. The third kappa shape index (κ3) is 10.1. The highest BCUT2D eigenvalue weighted by Gasteiger charge is 2.27. The van der Waals surface area contributed by atoms with Crippen molar-refractivity contribution in [3.8, 4) is 11.5 Å². The van der Waals surface area contributed by atoms with Gasteiger partial charge in [0.2, 0.25) is 0 Å². The molecule has 0 atom stereocenters. The number of benzene rings is 6. The Hall–Kier alpha value is -6.18. The van der Waals surface area contributed by atoms with Gasteiger partial charge in [0, 0.05) is 16.5 Å². The highest BCUT2D eigenvalue weighted by atomic mass is 16.5. The second-order valence-electron chi connectivity index (χ2n) is 15.1. The number of rotatable bonds is 14. The summed E-state index contributed by atoms with van der Waals surface area (Å²) in [5.41, 5.74) is 9.11. The summed E-state index contributed by atoms with van der Waals surface area (Å²) in [5.74, 6) is 9.19. The topological polar surface area (TPSA) is 43.2 Å². The first-order chi connectivity index (χ1) is 26.7. The van der Waals surface area contributed by atoms with E-state index in [1.165, 1.54) is 0 Å². The Morgan fingerprint density at radius 2 is 0.836 bits per heavy atom. The van der Waals surface area contributed by atoms with Crippen LogP contribution in [-0.2, 0) is 5.41 Å². The summed E-state index contributed by atoms with van der Waals surface area (Å²) >= 11 is 0. The lowest BCUT2D eigenvalue weighted by molar-refractivity contribution is 0.270. The third-order valence-electron chi connectivity index (χ3n) is 9.32. The van der Waals surface area contributed by atoms with Crippen molar-refractivity contribution in [2.75, 3.05) is 13.2 Å². The Balaban J connectivity index is 1.54. The lowest BCUT2D eigenvalue weighted by atomic mass is 9.76. The van der Waals surface area contributed by atoms with Gasteiger partial charge in [0.15, 0.2) is 0 Å². The van der Waals surface area contributed by atoms with E-state index in [9.17, 15) is 0 Å². The second-order valence-corrected chi connectivity index (χ2v) is 15.1. The molecule has 0 saturated carbocycles. The summed E-state index contributed by atoms with van der Waals surface area (Å²) in [5, 5.41) is 0. The van der Waals surface area contributed by atoms with Crippen LogP contribution < -0.4 is 9.47 Å². The SMILES string of the molecule is CC(C)COc1ccc(C(C)(C)c2ccc(OCC(C)C)c(C(=C=Nc3ccccc3)c3ccccc3)c2)cc1C(=C=Nc1ccccc1)c1ccccc1.